The van der Waals surface area contributed by atoms with Gasteiger partial charge in [0, 0.05) is 32.0 Å². The largest absolute Gasteiger partial charge is 0.480 e. The summed E-state index contributed by atoms with van der Waals surface area (Å²) < 4.78 is 0. The number of hydrogen-bond acceptors (Lipinski definition) is 4. The van der Waals surface area contributed by atoms with E-state index >= 15 is 0 Å². The van der Waals surface area contributed by atoms with Crippen molar-refractivity contribution in [3.8, 4) is 0 Å². The Balaban J connectivity index is 1.65. The average Bonchev–Trinajstić information content (AvgIpc) is 2.94. The molecular formula is C19H27N3O3. The summed E-state index contributed by atoms with van der Waals surface area (Å²) in [5, 5.41) is 9.53. The fourth-order valence-corrected chi connectivity index (χ4v) is 4.31. The second kappa shape index (κ2) is 7.12. The molecule has 136 valence electrons. The molecule has 2 aliphatic heterocycles. The van der Waals surface area contributed by atoms with Crippen LogP contribution >= 0.6 is 0 Å². The minimum Gasteiger partial charge on any atom is -0.480 e. The summed E-state index contributed by atoms with van der Waals surface area (Å²) in [5.74, 6) is -0.682. The van der Waals surface area contributed by atoms with Gasteiger partial charge in [-0.3, -0.25) is 19.5 Å². The molecule has 3 heterocycles. The third-order valence-corrected chi connectivity index (χ3v) is 5.63. The van der Waals surface area contributed by atoms with Gasteiger partial charge in [0.2, 0.25) is 0 Å². The molecule has 3 rings (SSSR count). The minimum atomic E-state index is -0.713. The Morgan fingerprint density at radius 3 is 2.64 bits per heavy atom. The van der Waals surface area contributed by atoms with Crippen LogP contribution in [0.5, 0.6) is 0 Å². The first-order valence-corrected chi connectivity index (χ1v) is 9.12. The number of carboxylic acid groups (broad SMARTS) is 1. The van der Waals surface area contributed by atoms with E-state index in [9.17, 15) is 14.7 Å². The Kier molecular flexibility index (Phi) is 5.08. The molecule has 0 unspecified atom stereocenters. The number of rotatable bonds is 4. The van der Waals surface area contributed by atoms with Crippen molar-refractivity contribution in [2.24, 2.45) is 5.41 Å². The number of carbonyl (C=O) groups is 2. The maximum Gasteiger partial charge on any atom is 0.320 e. The first-order valence-electron chi connectivity index (χ1n) is 9.12. The summed E-state index contributed by atoms with van der Waals surface area (Å²) in [6.45, 7) is 7.07. The standard InChI is InChI=1S/C19H27N3O3/c1-3-6-22-13-19(10-16(22)18(24)25)4-7-21(8-5-19)17(23)15-9-14(2)11-20-12-15/h9,11-12,16H,3-8,10,13H2,1-2H3,(H,24,25)/t16-/m0/s1. The molecule has 2 saturated heterocycles. The molecule has 6 heteroatoms. The van der Waals surface area contributed by atoms with Crippen LogP contribution in [0.15, 0.2) is 18.5 Å². The third-order valence-electron chi connectivity index (χ3n) is 5.63. The predicted molar refractivity (Wildman–Crippen MR) is 94.4 cm³/mol. The number of hydrogen-bond donors (Lipinski definition) is 1. The van der Waals surface area contributed by atoms with Gasteiger partial charge in [-0.05, 0) is 56.2 Å². The van der Waals surface area contributed by atoms with Gasteiger partial charge >= 0.3 is 5.97 Å². The zero-order valence-corrected chi connectivity index (χ0v) is 15.1. The second-order valence-corrected chi connectivity index (χ2v) is 7.57. The van der Waals surface area contributed by atoms with Crippen LogP contribution < -0.4 is 0 Å². The van der Waals surface area contributed by atoms with Gasteiger partial charge in [-0.25, -0.2) is 0 Å². The molecule has 0 aromatic carbocycles. The van der Waals surface area contributed by atoms with Crippen molar-refractivity contribution in [3.63, 3.8) is 0 Å². The van der Waals surface area contributed by atoms with Crippen molar-refractivity contribution in [1.29, 1.82) is 0 Å². The van der Waals surface area contributed by atoms with Crippen LogP contribution in [0, 0.1) is 12.3 Å². The quantitative estimate of drug-likeness (QED) is 0.905. The molecule has 25 heavy (non-hydrogen) atoms. The molecule has 1 spiro atoms. The Bertz CT molecular complexity index is 653. The van der Waals surface area contributed by atoms with Gasteiger partial charge in [-0.15, -0.1) is 0 Å². The molecule has 6 nitrogen and oxygen atoms in total. The van der Waals surface area contributed by atoms with Crippen LogP contribution in [0.1, 0.15) is 48.5 Å². The first-order chi connectivity index (χ1) is 11.9. The number of pyridine rings is 1. The zero-order chi connectivity index (χ0) is 18.0. The SMILES string of the molecule is CCCN1CC2(CCN(C(=O)c3cncc(C)c3)CC2)C[C@H]1C(=O)O. The van der Waals surface area contributed by atoms with Gasteiger partial charge in [0.25, 0.3) is 5.91 Å². The molecule has 1 amide bonds. The molecular weight excluding hydrogens is 318 g/mol. The first kappa shape index (κ1) is 17.9. The van der Waals surface area contributed by atoms with Crippen LogP contribution in [0.25, 0.3) is 0 Å². The molecule has 2 aliphatic rings. The lowest BCUT2D eigenvalue weighted by Crippen LogP contribution is -2.44. The van der Waals surface area contributed by atoms with Crippen LogP contribution in [-0.2, 0) is 4.79 Å². The number of amides is 1. The Hall–Kier alpha value is -1.95. The highest BCUT2D eigenvalue weighted by Crippen LogP contribution is 2.43. The molecule has 0 saturated carbocycles. The van der Waals surface area contributed by atoms with Gasteiger partial charge in [-0.1, -0.05) is 6.92 Å². The van der Waals surface area contributed by atoms with E-state index in [4.69, 9.17) is 0 Å². The van der Waals surface area contributed by atoms with Crippen molar-refractivity contribution in [1.82, 2.24) is 14.8 Å². The smallest absolute Gasteiger partial charge is 0.320 e. The van der Waals surface area contributed by atoms with Gasteiger partial charge in [0.05, 0.1) is 5.56 Å². The van der Waals surface area contributed by atoms with Crippen molar-refractivity contribution in [2.45, 2.75) is 45.6 Å². The summed E-state index contributed by atoms with van der Waals surface area (Å²) >= 11 is 0. The molecule has 0 bridgehead atoms. The summed E-state index contributed by atoms with van der Waals surface area (Å²) in [7, 11) is 0. The van der Waals surface area contributed by atoms with E-state index in [0.29, 0.717) is 25.1 Å². The minimum absolute atomic E-state index is 0.0317. The molecule has 1 N–H and O–H groups in total. The number of likely N-dealkylation sites (tertiary alicyclic amines) is 2. The van der Waals surface area contributed by atoms with Gasteiger partial charge in [0.15, 0.2) is 0 Å². The van der Waals surface area contributed by atoms with Gasteiger partial charge in [-0.2, -0.15) is 0 Å². The number of carbonyl (C=O) groups excluding carboxylic acids is 1. The van der Waals surface area contributed by atoms with Gasteiger partial charge < -0.3 is 10.0 Å². The van der Waals surface area contributed by atoms with Crippen LogP contribution in [0.3, 0.4) is 0 Å². The zero-order valence-electron chi connectivity index (χ0n) is 15.1. The van der Waals surface area contributed by atoms with E-state index in [-0.39, 0.29) is 17.4 Å². The Morgan fingerprint density at radius 2 is 2.04 bits per heavy atom. The summed E-state index contributed by atoms with van der Waals surface area (Å²) in [5.41, 5.74) is 1.66. The van der Waals surface area contributed by atoms with E-state index in [2.05, 4.69) is 16.8 Å². The monoisotopic (exact) mass is 345 g/mol. The molecule has 1 atom stereocenters. The fourth-order valence-electron chi connectivity index (χ4n) is 4.31. The number of nitrogens with zero attached hydrogens (tertiary/aromatic N) is 3. The normalized spacial score (nSPS) is 23.1. The molecule has 0 radical (unpaired) electrons. The van der Waals surface area contributed by atoms with Crippen molar-refractivity contribution >= 4 is 11.9 Å². The lowest BCUT2D eigenvalue weighted by Gasteiger charge is -2.39. The van der Waals surface area contributed by atoms with E-state index in [1.54, 1.807) is 12.4 Å². The van der Waals surface area contributed by atoms with Crippen molar-refractivity contribution in [3.05, 3.63) is 29.6 Å². The topological polar surface area (TPSA) is 73.7 Å². The molecule has 0 aliphatic carbocycles. The number of aliphatic carboxylic acids is 1. The van der Waals surface area contributed by atoms with Crippen molar-refractivity contribution in [2.75, 3.05) is 26.2 Å². The summed E-state index contributed by atoms with van der Waals surface area (Å²) in [4.78, 5) is 32.4. The number of carboxylic acids is 1. The van der Waals surface area contributed by atoms with E-state index in [1.165, 1.54) is 0 Å². The van der Waals surface area contributed by atoms with Crippen LogP contribution in [-0.4, -0.2) is 64.0 Å². The maximum absolute atomic E-state index is 12.7. The number of aryl methyl sites for hydroxylation is 1. The highest BCUT2D eigenvalue weighted by Gasteiger charge is 2.48. The van der Waals surface area contributed by atoms with Crippen LogP contribution in [0.4, 0.5) is 0 Å². The predicted octanol–water partition coefficient (Wildman–Crippen LogP) is 2.18. The van der Waals surface area contributed by atoms with E-state index < -0.39 is 5.97 Å². The third kappa shape index (κ3) is 3.68. The van der Waals surface area contributed by atoms with E-state index in [1.807, 2.05) is 17.9 Å². The lowest BCUT2D eigenvalue weighted by molar-refractivity contribution is -0.142. The molecule has 1 aromatic heterocycles. The van der Waals surface area contributed by atoms with Crippen LogP contribution in [0.2, 0.25) is 0 Å². The fraction of sp³-hybridized carbons (Fsp3) is 0.632. The summed E-state index contributed by atoms with van der Waals surface area (Å²) in [6.07, 6.45) is 6.79. The van der Waals surface area contributed by atoms with E-state index in [0.717, 1.165) is 37.9 Å². The number of aromatic nitrogens is 1. The molecule has 1 aromatic rings. The number of piperidine rings is 1. The Labute approximate surface area is 148 Å². The average molecular weight is 345 g/mol. The maximum atomic E-state index is 12.7. The Morgan fingerprint density at radius 1 is 1.32 bits per heavy atom. The highest BCUT2D eigenvalue weighted by molar-refractivity contribution is 5.94. The molecule has 2 fully saturated rings. The van der Waals surface area contributed by atoms with Gasteiger partial charge in [0.1, 0.15) is 6.04 Å². The van der Waals surface area contributed by atoms with Crippen molar-refractivity contribution < 1.29 is 14.7 Å². The second-order valence-electron chi connectivity index (χ2n) is 7.57. The summed E-state index contributed by atoms with van der Waals surface area (Å²) in [6, 6.07) is 1.50. The lowest BCUT2D eigenvalue weighted by atomic mass is 9.76. The highest BCUT2D eigenvalue weighted by atomic mass is 16.4.